The summed E-state index contributed by atoms with van der Waals surface area (Å²) < 4.78 is 39.7. The molecule has 1 aliphatic rings. The summed E-state index contributed by atoms with van der Waals surface area (Å²) in [6.45, 7) is -0.935. The zero-order valence-corrected chi connectivity index (χ0v) is 13.6. The Morgan fingerprint density at radius 2 is 2.23 bits per heavy atom. The van der Waals surface area contributed by atoms with Gasteiger partial charge in [-0.1, -0.05) is 5.21 Å². The van der Waals surface area contributed by atoms with Gasteiger partial charge in [0.1, 0.15) is 30.0 Å². The maximum atomic E-state index is 14.7. The number of ether oxygens (including phenoxy) is 2. The van der Waals surface area contributed by atoms with E-state index >= 15 is 0 Å². The number of rotatable bonds is 7. The number of carboxylic acid groups (broad SMARTS) is 1. The van der Waals surface area contributed by atoms with Gasteiger partial charge in [-0.2, -0.15) is 4.39 Å². The Labute approximate surface area is 145 Å². The molecule has 13 heteroatoms. The first-order valence-electron chi connectivity index (χ1n) is 7.53. The van der Waals surface area contributed by atoms with Crippen LogP contribution >= 0.6 is 0 Å². The number of carboxylic acids is 1. The Kier molecular flexibility index (Phi) is 6.21. The number of aromatic nitrogens is 3. The number of aliphatic hydroxyl groups is 3. The molecular formula is C13H20F2N4O7. The van der Waals surface area contributed by atoms with Crippen LogP contribution in [0.2, 0.25) is 0 Å². The fourth-order valence-corrected chi connectivity index (χ4v) is 2.73. The van der Waals surface area contributed by atoms with Crippen LogP contribution in [0.4, 0.5) is 8.78 Å². The largest absolute Gasteiger partial charge is 0.477 e. The first kappa shape index (κ1) is 20.5. The minimum Gasteiger partial charge on any atom is -0.477 e. The highest BCUT2D eigenvalue weighted by molar-refractivity contribution is 5.76. The van der Waals surface area contributed by atoms with E-state index < -0.39 is 55.0 Å². The molecule has 0 aromatic carbocycles. The average Bonchev–Trinajstić information content (AvgIpc) is 3.05. The molecule has 7 atom stereocenters. The van der Waals surface area contributed by atoms with Crippen LogP contribution in [0.3, 0.4) is 0 Å². The van der Waals surface area contributed by atoms with Crippen molar-refractivity contribution >= 4 is 5.97 Å². The van der Waals surface area contributed by atoms with Crippen molar-refractivity contribution in [1.29, 1.82) is 0 Å². The number of halogens is 2. The van der Waals surface area contributed by atoms with E-state index in [0.29, 0.717) is 0 Å². The summed E-state index contributed by atoms with van der Waals surface area (Å²) in [4.78, 5) is 11.2. The average molecular weight is 382 g/mol. The van der Waals surface area contributed by atoms with Crippen molar-refractivity contribution in [2.24, 2.45) is 5.73 Å². The molecule has 0 radical (unpaired) electrons. The molecule has 2 unspecified atom stereocenters. The van der Waals surface area contributed by atoms with E-state index in [-0.39, 0.29) is 12.3 Å². The maximum absolute atomic E-state index is 14.7. The highest BCUT2D eigenvalue weighted by atomic mass is 19.2. The van der Waals surface area contributed by atoms with Gasteiger partial charge in [-0.25, -0.2) is 13.9 Å². The van der Waals surface area contributed by atoms with Crippen molar-refractivity contribution in [2.75, 3.05) is 13.7 Å². The fraction of sp³-hybridized carbons (Fsp3) is 0.769. The van der Waals surface area contributed by atoms with Gasteiger partial charge in [0.15, 0.2) is 6.17 Å². The van der Waals surface area contributed by atoms with E-state index in [0.717, 1.165) is 4.68 Å². The Hall–Kier alpha value is -1.77. The smallest absolute Gasteiger partial charge is 0.372 e. The summed E-state index contributed by atoms with van der Waals surface area (Å²) in [5.74, 6) is -6.15. The van der Waals surface area contributed by atoms with Crippen molar-refractivity contribution in [1.82, 2.24) is 15.0 Å². The van der Waals surface area contributed by atoms with Gasteiger partial charge in [-0.05, 0) is 0 Å². The molecule has 1 fully saturated rings. The molecule has 2 rings (SSSR count). The molecule has 0 bridgehead atoms. The Morgan fingerprint density at radius 1 is 1.58 bits per heavy atom. The van der Waals surface area contributed by atoms with Crippen LogP contribution in [-0.2, 0) is 20.9 Å². The first-order chi connectivity index (χ1) is 12.2. The van der Waals surface area contributed by atoms with Crippen molar-refractivity contribution in [2.45, 2.75) is 49.0 Å². The Morgan fingerprint density at radius 3 is 2.77 bits per heavy atom. The van der Waals surface area contributed by atoms with E-state index in [4.69, 9.17) is 20.7 Å². The van der Waals surface area contributed by atoms with Crippen LogP contribution in [0, 0.1) is 0 Å². The third kappa shape index (κ3) is 3.54. The van der Waals surface area contributed by atoms with Crippen molar-refractivity contribution in [3.63, 3.8) is 0 Å². The topological polar surface area (TPSA) is 173 Å². The number of methoxy groups -OCH3 is 1. The quantitative estimate of drug-likeness (QED) is 0.339. The van der Waals surface area contributed by atoms with Gasteiger partial charge in [0, 0.05) is 7.11 Å². The van der Waals surface area contributed by atoms with E-state index in [1.165, 1.54) is 13.3 Å². The predicted octanol–water partition coefficient (Wildman–Crippen LogP) is -2.51. The molecule has 2 heterocycles. The van der Waals surface area contributed by atoms with Crippen LogP contribution in [-0.4, -0.2) is 91.5 Å². The second-order valence-corrected chi connectivity index (χ2v) is 5.87. The van der Waals surface area contributed by atoms with Crippen LogP contribution in [0.25, 0.3) is 0 Å². The third-order valence-corrected chi connectivity index (χ3v) is 4.10. The van der Waals surface area contributed by atoms with Crippen molar-refractivity contribution in [3.05, 3.63) is 11.9 Å². The molecule has 148 valence electrons. The zero-order chi connectivity index (χ0) is 19.6. The summed E-state index contributed by atoms with van der Waals surface area (Å²) in [5, 5.41) is 44.8. The second kappa shape index (κ2) is 7.85. The van der Waals surface area contributed by atoms with E-state index in [2.05, 4.69) is 15.0 Å². The molecule has 0 saturated carbocycles. The molecule has 1 aromatic rings. The number of hydrogen-bond acceptors (Lipinski definition) is 9. The third-order valence-electron chi connectivity index (χ3n) is 4.10. The molecule has 6 N–H and O–H groups in total. The van der Waals surface area contributed by atoms with Crippen molar-refractivity contribution < 1.29 is 43.5 Å². The lowest BCUT2D eigenvalue weighted by atomic mass is 9.86. The predicted molar refractivity (Wildman–Crippen MR) is 78.1 cm³/mol. The highest BCUT2D eigenvalue weighted by Crippen LogP contribution is 2.40. The van der Waals surface area contributed by atoms with Crippen LogP contribution in [0.5, 0.6) is 0 Å². The number of nitrogens with two attached hydrogens (primary N) is 1. The summed E-state index contributed by atoms with van der Waals surface area (Å²) in [7, 11) is 1.37. The molecule has 0 aliphatic carbocycles. The highest BCUT2D eigenvalue weighted by Gasteiger charge is 2.63. The first-order valence-corrected chi connectivity index (χ1v) is 7.53. The summed E-state index contributed by atoms with van der Waals surface area (Å²) in [6.07, 6.45) is -7.28. The van der Waals surface area contributed by atoms with E-state index in [9.17, 15) is 23.8 Å². The molecule has 1 saturated heterocycles. The standard InChI is InChI=1S/C13H20F2N4O7/c1-25-4-5-2-19(18-17-5)8-7(16)10(9(22)6(21)3-20)26-13(15,11(8)14)12(23)24/h2,6-11,20-22H,3-4,16H2,1H3,(H,23,24)/t6-,7-,8-,9-,10-,11?,13?/m1/s1. The molecule has 0 amide bonds. The lowest BCUT2D eigenvalue weighted by molar-refractivity contribution is -0.281. The molecule has 1 aliphatic heterocycles. The summed E-state index contributed by atoms with van der Waals surface area (Å²) >= 11 is 0. The number of carbonyl (C=O) groups is 1. The molecule has 0 spiro atoms. The number of nitrogens with zero attached hydrogens (tertiary/aromatic N) is 3. The molecule has 1 aromatic heterocycles. The van der Waals surface area contributed by atoms with Gasteiger partial charge < -0.3 is 35.6 Å². The number of hydrogen-bond donors (Lipinski definition) is 5. The molecular weight excluding hydrogens is 362 g/mol. The zero-order valence-electron chi connectivity index (χ0n) is 13.6. The molecule has 11 nitrogen and oxygen atoms in total. The number of aliphatic hydroxyl groups excluding tert-OH is 3. The van der Waals surface area contributed by atoms with Gasteiger partial charge >= 0.3 is 11.8 Å². The lowest BCUT2D eigenvalue weighted by Crippen LogP contribution is -2.67. The Bertz CT molecular complexity index is 635. The summed E-state index contributed by atoms with van der Waals surface area (Å²) in [6, 6.07) is -3.25. The SMILES string of the molecule is COCc1cn([C@H]2C(F)C(F)(C(=O)O)O[C@@H]([C@H](O)[C@H](O)CO)[C@@H]2N)nn1. The Balaban J connectivity index is 2.44. The van der Waals surface area contributed by atoms with Crippen molar-refractivity contribution in [3.8, 4) is 0 Å². The number of aliphatic carboxylic acids is 1. The van der Waals surface area contributed by atoms with Crippen LogP contribution in [0.15, 0.2) is 6.20 Å². The van der Waals surface area contributed by atoms with Gasteiger partial charge in [0.05, 0.1) is 25.5 Å². The van der Waals surface area contributed by atoms with Gasteiger partial charge in [0.2, 0.25) is 0 Å². The second-order valence-electron chi connectivity index (χ2n) is 5.87. The normalized spacial score (nSPS) is 34.4. The summed E-state index contributed by atoms with van der Waals surface area (Å²) in [5.41, 5.74) is 6.09. The van der Waals surface area contributed by atoms with Gasteiger partial charge in [-0.3, -0.25) is 0 Å². The minimum atomic E-state index is -3.87. The van der Waals surface area contributed by atoms with E-state index in [1.807, 2.05) is 0 Å². The van der Waals surface area contributed by atoms with Gasteiger partial charge in [0.25, 0.3) is 0 Å². The van der Waals surface area contributed by atoms with Crippen LogP contribution < -0.4 is 5.73 Å². The van der Waals surface area contributed by atoms with E-state index in [1.54, 1.807) is 0 Å². The monoisotopic (exact) mass is 382 g/mol. The van der Waals surface area contributed by atoms with Gasteiger partial charge in [-0.15, -0.1) is 5.10 Å². The minimum absolute atomic E-state index is 0.00435. The number of alkyl halides is 2. The lowest BCUT2D eigenvalue weighted by Gasteiger charge is -2.45. The maximum Gasteiger partial charge on any atom is 0.372 e. The van der Waals surface area contributed by atoms with Crippen LogP contribution in [0.1, 0.15) is 11.7 Å². The fourth-order valence-electron chi connectivity index (χ4n) is 2.73. The molecule has 26 heavy (non-hydrogen) atoms.